The SMILES string of the molecule is Cn1cc(C(NC(=O)N2CC(O)C(O)C2)C(=O)O)cn1. The number of β-amino-alcohol motifs (C(OH)–C–C–N with tert-alkyl or cyclic N) is 2. The van der Waals surface area contributed by atoms with E-state index in [9.17, 15) is 19.8 Å². The first-order chi connectivity index (χ1) is 9.38. The Morgan fingerprint density at radius 3 is 2.45 bits per heavy atom. The van der Waals surface area contributed by atoms with Gasteiger partial charge in [-0.2, -0.15) is 5.10 Å². The molecule has 0 spiro atoms. The highest BCUT2D eigenvalue weighted by Crippen LogP contribution is 2.15. The van der Waals surface area contributed by atoms with Crippen LogP contribution in [0.2, 0.25) is 0 Å². The van der Waals surface area contributed by atoms with Gasteiger partial charge in [-0.05, 0) is 0 Å². The molecular weight excluding hydrogens is 268 g/mol. The predicted octanol–water partition coefficient (Wildman–Crippen LogP) is -1.71. The van der Waals surface area contributed by atoms with Crippen LogP contribution in [0.1, 0.15) is 11.6 Å². The summed E-state index contributed by atoms with van der Waals surface area (Å²) in [6.07, 6.45) is 0.823. The summed E-state index contributed by atoms with van der Waals surface area (Å²) in [6, 6.07) is -1.89. The molecule has 0 aliphatic carbocycles. The molecular formula is C11H16N4O5. The van der Waals surface area contributed by atoms with Gasteiger partial charge in [0.05, 0.1) is 31.5 Å². The van der Waals surface area contributed by atoms with Gasteiger partial charge in [-0.25, -0.2) is 9.59 Å². The van der Waals surface area contributed by atoms with Crippen LogP contribution in [0.25, 0.3) is 0 Å². The third kappa shape index (κ3) is 2.89. The van der Waals surface area contributed by atoms with Gasteiger partial charge in [0.1, 0.15) is 0 Å². The van der Waals surface area contributed by atoms with E-state index in [-0.39, 0.29) is 13.1 Å². The predicted molar refractivity (Wildman–Crippen MR) is 65.7 cm³/mol. The number of likely N-dealkylation sites (tertiary alicyclic amines) is 1. The Bertz CT molecular complexity index is 507. The molecule has 1 aliphatic rings. The first kappa shape index (κ1) is 14.3. The van der Waals surface area contributed by atoms with Crippen molar-refractivity contribution in [3.63, 3.8) is 0 Å². The molecule has 110 valence electrons. The topological polar surface area (TPSA) is 128 Å². The van der Waals surface area contributed by atoms with Crippen LogP contribution in [0, 0.1) is 0 Å². The second-order valence-corrected chi connectivity index (χ2v) is 4.71. The average Bonchev–Trinajstić information content (AvgIpc) is 2.93. The molecule has 0 radical (unpaired) electrons. The Hall–Kier alpha value is -2.13. The number of aromatic nitrogens is 2. The fraction of sp³-hybridized carbons (Fsp3) is 0.545. The summed E-state index contributed by atoms with van der Waals surface area (Å²) in [6.45, 7) is -0.0707. The number of rotatable bonds is 3. The summed E-state index contributed by atoms with van der Waals surface area (Å²) in [5.41, 5.74) is 0.341. The van der Waals surface area contributed by atoms with Gasteiger partial charge in [0.15, 0.2) is 6.04 Å². The van der Waals surface area contributed by atoms with Crippen molar-refractivity contribution in [3.05, 3.63) is 18.0 Å². The summed E-state index contributed by atoms with van der Waals surface area (Å²) in [4.78, 5) is 24.3. The molecule has 9 heteroatoms. The van der Waals surface area contributed by atoms with E-state index in [2.05, 4.69) is 10.4 Å². The number of aliphatic hydroxyl groups is 2. The minimum absolute atomic E-state index is 0.0353. The Kier molecular flexibility index (Phi) is 3.91. The number of hydrogen-bond acceptors (Lipinski definition) is 5. The number of nitrogens with zero attached hydrogens (tertiary/aromatic N) is 3. The van der Waals surface area contributed by atoms with E-state index < -0.39 is 30.3 Å². The van der Waals surface area contributed by atoms with Crippen LogP contribution in [0.5, 0.6) is 0 Å². The summed E-state index contributed by atoms with van der Waals surface area (Å²) < 4.78 is 1.43. The smallest absolute Gasteiger partial charge is 0.331 e. The van der Waals surface area contributed by atoms with E-state index in [1.807, 2.05) is 0 Å². The number of nitrogens with one attached hydrogen (secondary N) is 1. The van der Waals surface area contributed by atoms with Gasteiger partial charge in [-0.1, -0.05) is 0 Å². The van der Waals surface area contributed by atoms with Crippen molar-refractivity contribution in [1.29, 1.82) is 0 Å². The minimum Gasteiger partial charge on any atom is -0.479 e. The number of carbonyl (C=O) groups is 2. The van der Waals surface area contributed by atoms with E-state index >= 15 is 0 Å². The van der Waals surface area contributed by atoms with Crippen molar-refractivity contribution in [1.82, 2.24) is 20.0 Å². The van der Waals surface area contributed by atoms with Crippen molar-refractivity contribution in [3.8, 4) is 0 Å². The van der Waals surface area contributed by atoms with Crippen LogP contribution in [0.3, 0.4) is 0 Å². The highest BCUT2D eigenvalue weighted by molar-refractivity contribution is 5.83. The second kappa shape index (κ2) is 5.47. The highest BCUT2D eigenvalue weighted by atomic mass is 16.4. The molecule has 2 rings (SSSR count). The Morgan fingerprint density at radius 1 is 1.40 bits per heavy atom. The lowest BCUT2D eigenvalue weighted by atomic mass is 10.1. The Morgan fingerprint density at radius 2 is 2.00 bits per heavy atom. The lowest BCUT2D eigenvalue weighted by Gasteiger charge is -2.19. The number of aliphatic carboxylic acids is 1. The lowest BCUT2D eigenvalue weighted by molar-refractivity contribution is -0.139. The molecule has 0 aromatic carbocycles. The van der Waals surface area contributed by atoms with Gasteiger partial charge >= 0.3 is 12.0 Å². The molecule has 0 bridgehead atoms. The molecule has 3 atom stereocenters. The van der Waals surface area contributed by atoms with Crippen LogP contribution < -0.4 is 5.32 Å². The van der Waals surface area contributed by atoms with Crippen LogP contribution in [-0.4, -0.2) is 67.3 Å². The zero-order chi connectivity index (χ0) is 14.9. The molecule has 0 saturated carbocycles. The molecule has 1 aromatic rings. The zero-order valence-corrected chi connectivity index (χ0v) is 10.8. The maximum Gasteiger partial charge on any atom is 0.331 e. The number of aliphatic hydroxyl groups excluding tert-OH is 2. The number of carboxylic acids is 1. The van der Waals surface area contributed by atoms with E-state index in [1.165, 1.54) is 22.0 Å². The first-order valence-electron chi connectivity index (χ1n) is 6.01. The third-order valence-corrected chi connectivity index (χ3v) is 3.12. The van der Waals surface area contributed by atoms with Crippen molar-refractivity contribution in [2.45, 2.75) is 18.2 Å². The molecule has 1 aliphatic heterocycles. The minimum atomic E-state index is -1.23. The van der Waals surface area contributed by atoms with Crippen LogP contribution >= 0.6 is 0 Å². The van der Waals surface area contributed by atoms with Crippen LogP contribution in [-0.2, 0) is 11.8 Å². The normalized spacial score (nSPS) is 23.6. The molecule has 3 unspecified atom stereocenters. The fourth-order valence-corrected chi connectivity index (χ4v) is 2.03. The number of urea groups is 1. The Labute approximate surface area is 114 Å². The average molecular weight is 284 g/mol. The van der Waals surface area contributed by atoms with Gasteiger partial charge in [0, 0.05) is 18.8 Å². The molecule has 2 amide bonds. The quantitative estimate of drug-likeness (QED) is 0.523. The third-order valence-electron chi connectivity index (χ3n) is 3.12. The van der Waals surface area contributed by atoms with Crippen LogP contribution in [0.4, 0.5) is 4.79 Å². The van der Waals surface area contributed by atoms with Crippen LogP contribution in [0.15, 0.2) is 12.4 Å². The lowest BCUT2D eigenvalue weighted by Crippen LogP contribution is -2.43. The number of carbonyl (C=O) groups excluding carboxylic acids is 1. The first-order valence-corrected chi connectivity index (χ1v) is 6.01. The largest absolute Gasteiger partial charge is 0.479 e. The maximum atomic E-state index is 11.9. The molecule has 1 aromatic heterocycles. The van der Waals surface area contributed by atoms with Gasteiger partial charge in [0.2, 0.25) is 0 Å². The molecule has 1 saturated heterocycles. The van der Waals surface area contributed by atoms with E-state index in [4.69, 9.17) is 5.11 Å². The monoisotopic (exact) mass is 284 g/mol. The van der Waals surface area contributed by atoms with Crippen molar-refractivity contribution in [2.24, 2.45) is 7.05 Å². The number of aryl methyl sites for hydroxylation is 1. The number of hydrogen-bond donors (Lipinski definition) is 4. The zero-order valence-electron chi connectivity index (χ0n) is 10.8. The van der Waals surface area contributed by atoms with E-state index in [0.717, 1.165) is 0 Å². The summed E-state index contributed by atoms with van der Waals surface area (Å²) in [5, 5.41) is 34.1. The Balaban J connectivity index is 2.06. The molecule has 2 heterocycles. The van der Waals surface area contributed by atoms with Gasteiger partial charge < -0.3 is 25.5 Å². The molecule has 1 fully saturated rings. The highest BCUT2D eigenvalue weighted by Gasteiger charge is 2.34. The number of amides is 2. The summed E-state index contributed by atoms with van der Waals surface area (Å²) in [5.74, 6) is -1.22. The maximum absolute atomic E-state index is 11.9. The second-order valence-electron chi connectivity index (χ2n) is 4.71. The van der Waals surface area contributed by atoms with E-state index in [1.54, 1.807) is 7.05 Å². The molecule has 4 N–H and O–H groups in total. The van der Waals surface area contributed by atoms with Crippen molar-refractivity contribution < 1.29 is 24.9 Å². The van der Waals surface area contributed by atoms with Gasteiger partial charge in [0.25, 0.3) is 0 Å². The fourth-order valence-electron chi connectivity index (χ4n) is 2.03. The summed E-state index contributed by atoms with van der Waals surface area (Å²) in [7, 11) is 1.64. The van der Waals surface area contributed by atoms with Crippen molar-refractivity contribution >= 4 is 12.0 Å². The summed E-state index contributed by atoms with van der Waals surface area (Å²) >= 11 is 0. The molecule has 20 heavy (non-hydrogen) atoms. The van der Waals surface area contributed by atoms with E-state index in [0.29, 0.717) is 5.56 Å². The van der Waals surface area contributed by atoms with Gasteiger partial charge in [-0.15, -0.1) is 0 Å². The number of carboxylic acid groups (broad SMARTS) is 1. The van der Waals surface area contributed by atoms with Gasteiger partial charge in [-0.3, -0.25) is 4.68 Å². The molecule has 9 nitrogen and oxygen atoms in total. The van der Waals surface area contributed by atoms with Crippen molar-refractivity contribution in [2.75, 3.05) is 13.1 Å². The standard InChI is InChI=1S/C11H16N4O5/c1-14-3-6(2-12-14)9(10(18)19)13-11(20)15-4-7(16)8(17)5-15/h2-3,7-9,16-17H,4-5H2,1H3,(H,13,20)(H,18,19).